The van der Waals surface area contributed by atoms with Crippen molar-refractivity contribution in [3.63, 3.8) is 0 Å². The zero-order valence-corrected chi connectivity index (χ0v) is 20.0. The van der Waals surface area contributed by atoms with Gasteiger partial charge in [0.15, 0.2) is 5.78 Å². The van der Waals surface area contributed by atoms with Gasteiger partial charge in [-0.3, -0.25) is 0 Å². The van der Waals surface area contributed by atoms with Crippen molar-refractivity contribution in [3.05, 3.63) is 95.5 Å². The molecule has 0 aliphatic carbocycles. The predicted molar refractivity (Wildman–Crippen MR) is 130 cm³/mol. The van der Waals surface area contributed by atoms with Crippen LogP contribution in [-0.2, 0) is 11.0 Å². The summed E-state index contributed by atoms with van der Waals surface area (Å²) in [5, 5.41) is 13.0. The van der Waals surface area contributed by atoms with Gasteiger partial charge < -0.3 is 19.1 Å². The zero-order chi connectivity index (χ0) is 23.1. The number of aryl methyl sites for hydroxylation is 1. The maximum Gasteiger partial charge on any atom is 0.457 e. The molecular weight excluding hydrogens is 457 g/mol. The summed E-state index contributed by atoms with van der Waals surface area (Å²) in [7, 11) is -2.30. The molecule has 0 amide bonds. The Morgan fingerprint density at radius 1 is 0.848 bits per heavy atom. The highest BCUT2D eigenvalue weighted by molar-refractivity contribution is 7.55. The van der Waals surface area contributed by atoms with Gasteiger partial charge in [-0.25, -0.2) is 4.57 Å². The average Bonchev–Trinajstić information content (AvgIpc) is 3.32. The molecule has 1 atom stereocenters. The summed E-state index contributed by atoms with van der Waals surface area (Å²) in [6, 6.07) is 25.2. The molecule has 33 heavy (non-hydrogen) atoms. The highest BCUT2D eigenvalue weighted by Crippen LogP contribution is 2.60. The molecule has 1 heterocycles. The molecule has 170 valence electrons. The van der Waals surface area contributed by atoms with E-state index in [0.717, 1.165) is 11.4 Å². The molecule has 0 bridgehead atoms. The first-order valence-corrected chi connectivity index (χ1v) is 12.8. The molecule has 0 saturated carbocycles. The number of aromatic nitrogens is 2. The molecule has 0 spiro atoms. The van der Waals surface area contributed by atoms with E-state index in [4.69, 9.17) is 13.8 Å². The Labute approximate surface area is 196 Å². The monoisotopic (exact) mass is 481 g/mol. The fourth-order valence-corrected chi connectivity index (χ4v) is 5.78. The van der Waals surface area contributed by atoms with E-state index in [1.807, 2.05) is 55.5 Å². The van der Waals surface area contributed by atoms with Crippen molar-refractivity contribution in [3.8, 4) is 17.2 Å². The van der Waals surface area contributed by atoms with Gasteiger partial charge in [0, 0.05) is 0 Å². The van der Waals surface area contributed by atoms with Crippen LogP contribution in [0.15, 0.2) is 84.9 Å². The quantitative estimate of drug-likeness (QED) is 0.257. The van der Waals surface area contributed by atoms with E-state index < -0.39 is 13.4 Å². The number of nitrogens with one attached hydrogen (secondary N) is 1. The first-order chi connectivity index (χ1) is 16.1. The number of benzene rings is 3. The average molecular weight is 482 g/mol. The molecule has 1 N–H and O–H groups in total. The fourth-order valence-electron chi connectivity index (χ4n) is 3.08. The first-order valence-electron chi connectivity index (χ1n) is 10.4. The third-order valence-electron chi connectivity index (χ3n) is 4.73. The molecule has 1 aromatic heterocycles. The lowest BCUT2D eigenvalue weighted by Gasteiger charge is -2.28. The predicted octanol–water partition coefficient (Wildman–Crippen LogP) is 6.57. The molecule has 0 saturated heterocycles. The van der Waals surface area contributed by atoms with Gasteiger partial charge in [0.1, 0.15) is 22.3 Å². The molecule has 0 aliphatic rings. The SMILES string of the molecule is CCc1nnc(N[C@@H](c2ccc(OC)cc2)P(=O)(Oc2ccccc2)Oc2ccccc2)s1. The van der Waals surface area contributed by atoms with Crippen molar-refractivity contribution in [2.24, 2.45) is 0 Å². The second-order valence-electron chi connectivity index (χ2n) is 7.02. The number of hydrogen-bond donors (Lipinski definition) is 1. The van der Waals surface area contributed by atoms with Gasteiger partial charge in [-0.1, -0.05) is 66.8 Å². The number of hydrogen-bond acceptors (Lipinski definition) is 8. The van der Waals surface area contributed by atoms with Crippen molar-refractivity contribution in [2.75, 3.05) is 12.4 Å². The number of anilines is 1. The molecule has 9 heteroatoms. The summed E-state index contributed by atoms with van der Waals surface area (Å²) in [5.41, 5.74) is 0.694. The number of ether oxygens (including phenoxy) is 1. The van der Waals surface area contributed by atoms with Crippen LogP contribution in [0.4, 0.5) is 5.13 Å². The van der Waals surface area contributed by atoms with Crippen LogP contribution in [0.1, 0.15) is 23.3 Å². The third-order valence-corrected chi connectivity index (χ3v) is 7.72. The number of nitrogens with zero attached hydrogens (tertiary/aromatic N) is 2. The standard InChI is InChI=1S/C24H24N3O4PS/c1-3-22-26-27-24(33-22)25-23(18-14-16-19(29-2)17-15-18)32(28,30-20-10-6-4-7-11-20)31-21-12-8-5-9-13-21/h4-17,23H,3H2,1-2H3,(H,25,27)/t23-/m1/s1. The Bertz CT molecular complexity index is 1160. The van der Waals surface area contributed by atoms with Crippen molar-refractivity contribution in [1.82, 2.24) is 10.2 Å². The Morgan fingerprint density at radius 3 is 1.91 bits per heavy atom. The summed E-state index contributed by atoms with van der Waals surface area (Å²) in [6.07, 6.45) is 0.755. The van der Waals surface area contributed by atoms with Gasteiger partial charge in [-0.15, -0.1) is 10.2 Å². The molecule has 0 aliphatic heterocycles. The normalized spacial score (nSPS) is 12.1. The van der Waals surface area contributed by atoms with Crippen LogP contribution >= 0.6 is 18.9 Å². The number of methoxy groups -OCH3 is 1. The van der Waals surface area contributed by atoms with Crippen molar-refractivity contribution in [1.29, 1.82) is 0 Å². The van der Waals surface area contributed by atoms with E-state index in [-0.39, 0.29) is 0 Å². The van der Waals surface area contributed by atoms with Crippen molar-refractivity contribution < 1.29 is 18.3 Å². The summed E-state index contributed by atoms with van der Waals surface area (Å²) < 4.78 is 32.0. The highest BCUT2D eigenvalue weighted by atomic mass is 32.1. The maximum atomic E-state index is 14.5. The molecule has 7 nitrogen and oxygen atoms in total. The molecule has 0 unspecified atom stereocenters. The van der Waals surface area contributed by atoms with Crippen LogP contribution in [0.25, 0.3) is 0 Å². The minimum Gasteiger partial charge on any atom is -0.497 e. The van der Waals surface area contributed by atoms with E-state index in [0.29, 0.717) is 27.9 Å². The van der Waals surface area contributed by atoms with E-state index in [1.165, 1.54) is 11.3 Å². The van der Waals surface area contributed by atoms with Crippen LogP contribution in [0, 0.1) is 0 Å². The number of para-hydroxylation sites is 2. The molecule has 4 aromatic rings. The minimum absolute atomic E-state index is 0.434. The third kappa shape index (κ3) is 5.72. The highest BCUT2D eigenvalue weighted by Gasteiger charge is 2.41. The van der Waals surface area contributed by atoms with E-state index in [9.17, 15) is 4.57 Å². The van der Waals surface area contributed by atoms with Gasteiger partial charge >= 0.3 is 7.60 Å². The zero-order valence-electron chi connectivity index (χ0n) is 18.3. The Kier molecular flexibility index (Phi) is 7.27. The lowest BCUT2D eigenvalue weighted by Crippen LogP contribution is -2.18. The fraction of sp³-hybridized carbons (Fsp3) is 0.167. The first kappa shape index (κ1) is 22.8. The summed E-state index contributed by atoms with van der Waals surface area (Å²) >= 11 is 1.40. The largest absolute Gasteiger partial charge is 0.497 e. The Balaban J connectivity index is 1.78. The molecule has 3 aromatic carbocycles. The van der Waals surface area contributed by atoms with E-state index in [2.05, 4.69) is 15.5 Å². The van der Waals surface area contributed by atoms with Crippen LogP contribution in [-0.4, -0.2) is 17.3 Å². The molecule has 0 fully saturated rings. The smallest absolute Gasteiger partial charge is 0.457 e. The topological polar surface area (TPSA) is 82.6 Å². The van der Waals surface area contributed by atoms with E-state index in [1.54, 1.807) is 43.5 Å². The lowest BCUT2D eigenvalue weighted by atomic mass is 10.2. The van der Waals surface area contributed by atoms with Gasteiger partial charge in [0.25, 0.3) is 0 Å². The van der Waals surface area contributed by atoms with Crippen molar-refractivity contribution in [2.45, 2.75) is 19.1 Å². The molecular formula is C24H24N3O4PS. The molecule has 0 radical (unpaired) electrons. The van der Waals surface area contributed by atoms with Crippen LogP contribution in [0.2, 0.25) is 0 Å². The Morgan fingerprint density at radius 2 is 1.42 bits per heavy atom. The van der Waals surface area contributed by atoms with E-state index >= 15 is 0 Å². The summed E-state index contributed by atoms with van der Waals surface area (Å²) in [6.45, 7) is 2.01. The summed E-state index contributed by atoms with van der Waals surface area (Å²) in [4.78, 5) is 0. The van der Waals surface area contributed by atoms with Gasteiger partial charge in [0.2, 0.25) is 5.13 Å². The van der Waals surface area contributed by atoms with Crippen LogP contribution in [0.3, 0.4) is 0 Å². The van der Waals surface area contributed by atoms with Gasteiger partial charge in [0.05, 0.1) is 7.11 Å². The van der Waals surface area contributed by atoms with Crippen molar-refractivity contribution >= 4 is 24.1 Å². The summed E-state index contributed by atoms with van der Waals surface area (Å²) in [5.74, 6) is 0.693. The van der Waals surface area contributed by atoms with Crippen LogP contribution < -0.4 is 19.1 Å². The van der Waals surface area contributed by atoms with Crippen LogP contribution in [0.5, 0.6) is 17.2 Å². The maximum absolute atomic E-state index is 14.5. The molecule has 4 rings (SSSR count). The second-order valence-corrected chi connectivity index (χ2v) is 10.0. The Hall–Kier alpha value is -3.35. The number of rotatable bonds is 10. The van der Waals surface area contributed by atoms with Gasteiger partial charge in [-0.2, -0.15) is 0 Å². The lowest BCUT2D eigenvalue weighted by molar-refractivity contribution is 0.376. The minimum atomic E-state index is -3.90. The second kappa shape index (κ2) is 10.5. The van der Waals surface area contributed by atoms with Gasteiger partial charge in [-0.05, 0) is 48.4 Å².